The van der Waals surface area contributed by atoms with E-state index in [-0.39, 0.29) is 17.1 Å². The second kappa shape index (κ2) is 8.89. The number of hydrogen-bond donors (Lipinski definition) is 0. The normalized spacial score (nSPS) is 13.1. The van der Waals surface area contributed by atoms with Gasteiger partial charge in [-0.2, -0.15) is 0 Å². The highest BCUT2D eigenvalue weighted by molar-refractivity contribution is 6.64. The lowest BCUT2D eigenvalue weighted by molar-refractivity contribution is -0.116. The highest BCUT2D eigenvalue weighted by atomic mass is 35.5. The number of benzene rings is 1. The van der Waals surface area contributed by atoms with Crippen LogP contribution in [0.15, 0.2) is 42.5 Å². The molecule has 0 radical (unpaired) electrons. The lowest BCUT2D eigenvalue weighted by Gasteiger charge is -2.13. The number of halogens is 1. The van der Waals surface area contributed by atoms with Gasteiger partial charge in [-0.15, -0.1) is 0 Å². The third kappa shape index (κ3) is 6.55. The van der Waals surface area contributed by atoms with E-state index in [0.717, 1.165) is 5.56 Å². The molecule has 2 nitrogen and oxygen atoms in total. The van der Waals surface area contributed by atoms with Gasteiger partial charge in [-0.05, 0) is 29.5 Å². The third-order valence-corrected chi connectivity index (χ3v) is 3.26. The van der Waals surface area contributed by atoms with Gasteiger partial charge in [0.15, 0.2) is 0 Å². The zero-order valence-corrected chi connectivity index (χ0v) is 12.3. The molecule has 1 aromatic carbocycles. The first kappa shape index (κ1) is 15.9. The van der Waals surface area contributed by atoms with Crippen LogP contribution in [0.3, 0.4) is 0 Å². The van der Waals surface area contributed by atoms with Gasteiger partial charge in [0.05, 0.1) is 13.2 Å². The van der Waals surface area contributed by atoms with Gasteiger partial charge in [-0.3, -0.25) is 4.79 Å². The molecule has 0 fully saturated rings. The molecule has 0 aromatic heterocycles. The van der Waals surface area contributed by atoms with Crippen LogP contribution in [0.1, 0.15) is 25.8 Å². The lowest BCUT2D eigenvalue weighted by atomic mass is 9.94. The Morgan fingerprint density at radius 1 is 1.26 bits per heavy atom. The Balaban J connectivity index is 2.22. The molecule has 0 unspecified atom stereocenters. The van der Waals surface area contributed by atoms with Gasteiger partial charge in [0.2, 0.25) is 5.24 Å². The molecular weight excluding hydrogens is 260 g/mol. The molecule has 0 N–H and O–H groups in total. The number of rotatable bonds is 8. The van der Waals surface area contributed by atoms with Crippen molar-refractivity contribution in [3.8, 4) is 0 Å². The Hall–Kier alpha value is -1.12. The van der Waals surface area contributed by atoms with Gasteiger partial charge < -0.3 is 4.74 Å². The van der Waals surface area contributed by atoms with Crippen LogP contribution < -0.4 is 0 Å². The molecular formula is C16H21ClO2. The lowest BCUT2D eigenvalue weighted by Crippen LogP contribution is -2.14. The highest BCUT2D eigenvalue weighted by Gasteiger charge is 2.18. The molecule has 1 atom stereocenters. The summed E-state index contributed by atoms with van der Waals surface area (Å²) in [4.78, 5) is 11.2. The van der Waals surface area contributed by atoms with E-state index < -0.39 is 0 Å². The zero-order chi connectivity index (χ0) is 14.1. The molecule has 1 aromatic rings. The molecule has 3 heteroatoms. The number of ether oxygens (including phenoxy) is 1. The second-order valence-corrected chi connectivity index (χ2v) is 5.23. The quantitative estimate of drug-likeness (QED) is 0.405. The minimum Gasteiger partial charge on any atom is -0.373 e. The number of hydrogen-bond acceptors (Lipinski definition) is 2. The molecule has 0 aliphatic heterocycles. The van der Waals surface area contributed by atoms with Crippen molar-refractivity contribution in [1.82, 2.24) is 0 Å². The van der Waals surface area contributed by atoms with Crippen molar-refractivity contribution < 1.29 is 9.53 Å². The van der Waals surface area contributed by atoms with Gasteiger partial charge >= 0.3 is 0 Å². The van der Waals surface area contributed by atoms with E-state index in [1.54, 1.807) is 0 Å². The van der Waals surface area contributed by atoms with E-state index in [2.05, 4.69) is 0 Å². The summed E-state index contributed by atoms with van der Waals surface area (Å²) in [6.45, 7) is 5.17. The average molecular weight is 281 g/mol. The summed E-state index contributed by atoms with van der Waals surface area (Å²) in [7, 11) is 0. The number of carbonyl (C=O) groups excluding carboxylic acids is 1. The molecule has 19 heavy (non-hydrogen) atoms. The molecule has 1 rings (SSSR count). The standard InChI is InChI=1S/C16H21ClO2/c1-13(2)15(16(17)18)10-6-7-11-19-12-14-8-4-3-5-9-14/h3-9,13,15H,10-12H2,1-2H3/b7-6+/t15-/m0/s1. The maximum atomic E-state index is 11.2. The van der Waals surface area contributed by atoms with E-state index in [1.807, 2.05) is 56.3 Å². The summed E-state index contributed by atoms with van der Waals surface area (Å²) in [6, 6.07) is 10.0. The maximum absolute atomic E-state index is 11.2. The van der Waals surface area contributed by atoms with Crippen LogP contribution in [-0.4, -0.2) is 11.8 Å². The largest absolute Gasteiger partial charge is 0.373 e. The van der Waals surface area contributed by atoms with Crippen molar-refractivity contribution in [2.24, 2.45) is 11.8 Å². The Labute approximate surface area is 120 Å². The topological polar surface area (TPSA) is 26.3 Å². The summed E-state index contributed by atoms with van der Waals surface area (Å²) in [6.07, 6.45) is 4.59. The van der Waals surface area contributed by atoms with E-state index in [0.29, 0.717) is 19.6 Å². The molecule has 0 bridgehead atoms. The number of allylic oxidation sites excluding steroid dienone is 1. The summed E-state index contributed by atoms with van der Waals surface area (Å²) in [5, 5.41) is -0.259. The number of carbonyl (C=O) groups is 1. The molecule has 0 saturated heterocycles. The maximum Gasteiger partial charge on any atom is 0.225 e. The summed E-state index contributed by atoms with van der Waals surface area (Å²) >= 11 is 5.55. The summed E-state index contributed by atoms with van der Waals surface area (Å²) in [5.41, 5.74) is 1.16. The minimum absolute atomic E-state index is 0.105. The fourth-order valence-electron chi connectivity index (χ4n) is 1.76. The molecule has 0 heterocycles. The Bertz CT molecular complexity index is 398. The van der Waals surface area contributed by atoms with Gasteiger partial charge in [-0.25, -0.2) is 0 Å². The van der Waals surface area contributed by atoms with Crippen LogP contribution in [0.2, 0.25) is 0 Å². The van der Waals surface area contributed by atoms with Gasteiger partial charge in [0.1, 0.15) is 0 Å². The van der Waals surface area contributed by atoms with Crippen LogP contribution in [0.4, 0.5) is 0 Å². The Morgan fingerprint density at radius 2 is 1.95 bits per heavy atom. The minimum atomic E-state index is -0.259. The van der Waals surface area contributed by atoms with Crippen molar-refractivity contribution >= 4 is 16.8 Å². The van der Waals surface area contributed by atoms with Crippen LogP contribution in [0.25, 0.3) is 0 Å². The highest BCUT2D eigenvalue weighted by Crippen LogP contribution is 2.18. The smallest absolute Gasteiger partial charge is 0.225 e. The van der Waals surface area contributed by atoms with Gasteiger partial charge in [0, 0.05) is 5.92 Å². The summed E-state index contributed by atoms with van der Waals surface area (Å²) < 4.78 is 5.52. The predicted octanol–water partition coefficient (Wildman–Crippen LogP) is 4.19. The molecule has 0 spiro atoms. The van der Waals surface area contributed by atoms with Crippen LogP contribution >= 0.6 is 11.6 Å². The predicted molar refractivity (Wildman–Crippen MR) is 79.0 cm³/mol. The van der Waals surface area contributed by atoms with Crippen molar-refractivity contribution in [2.75, 3.05) is 6.61 Å². The Kier molecular flexibility index (Phi) is 7.46. The average Bonchev–Trinajstić information content (AvgIpc) is 2.38. The monoisotopic (exact) mass is 280 g/mol. The molecule has 0 amide bonds. The van der Waals surface area contributed by atoms with E-state index >= 15 is 0 Å². The van der Waals surface area contributed by atoms with Crippen LogP contribution in [0.5, 0.6) is 0 Å². The third-order valence-electron chi connectivity index (χ3n) is 2.98. The fourth-order valence-corrected chi connectivity index (χ4v) is 2.10. The van der Waals surface area contributed by atoms with Crippen molar-refractivity contribution in [1.29, 1.82) is 0 Å². The van der Waals surface area contributed by atoms with E-state index in [9.17, 15) is 4.79 Å². The van der Waals surface area contributed by atoms with Gasteiger partial charge in [-0.1, -0.05) is 56.3 Å². The van der Waals surface area contributed by atoms with Crippen LogP contribution in [-0.2, 0) is 16.1 Å². The fraction of sp³-hybridized carbons (Fsp3) is 0.438. The second-order valence-electron chi connectivity index (χ2n) is 4.86. The first-order chi connectivity index (χ1) is 9.11. The van der Waals surface area contributed by atoms with Gasteiger partial charge in [0.25, 0.3) is 0 Å². The Morgan fingerprint density at radius 3 is 2.53 bits per heavy atom. The van der Waals surface area contributed by atoms with Crippen LogP contribution in [0, 0.1) is 11.8 Å². The van der Waals surface area contributed by atoms with E-state index in [4.69, 9.17) is 16.3 Å². The SMILES string of the molecule is CC(C)[C@H](C/C=C/COCc1ccccc1)C(=O)Cl. The van der Waals surface area contributed by atoms with E-state index in [1.165, 1.54) is 0 Å². The first-order valence-corrected chi connectivity index (χ1v) is 6.95. The molecule has 0 aliphatic rings. The molecule has 0 saturated carbocycles. The van der Waals surface area contributed by atoms with Crippen molar-refractivity contribution in [2.45, 2.75) is 26.9 Å². The molecule has 0 aliphatic carbocycles. The van der Waals surface area contributed by atoms with Crippen molar-refractivity contribution in [3.63, 3.8) is 0 Å². The zero-order valence-electron chi connectivity index (χ0n) is 11.5. The summed E-state index contributed by atoms with van der Waals surface area (Å²) in [5.74, 6) is 0.159. The molecule has 104 valence electrons. The first-order valence-electron chi connectivity index (χ1n) is 6.57. The van der Waals surface area contributed by atoms with Crippen molar-refractivity contribution in [3.05, 3.63) is 48.0 Å².